The van der Waals surface area contributed by atoms with Crippen LogP contribution in [0.2, 0.25) is 0 Å². The van der Waals surface area contributed by atoms with Crippen LogP contribution in [-0.4, -0.2) is 11.7 Å². The molecule has 1 unspecified atom stereocenters. The monoisotopic (exact) mass is 253 g/mol. The number of halogens is 2. The van der Waals surface area contributed by atoms with E-state index in [2.05, 4.69) is 5.32 Å². The van der Waals surface area contributed by atoms with Gasteiger partial charge in [-0.05, 0) is 30.3 Å². The van der Waals surface area contributed by atoms with Gasteiger partial charge in [0.25, 0.3) is 0 Å². The van der Waals surface area contributed by atoms with E-state index in [0.29, 0.717) is 12.3 Å². The van der Waals surface area contributed by atoms with E-state index in [-0.39, 0.29) is 12.1 Å². The van der Waals surface area contributed by atoms with Crippen molar-refractivity contribution in [2.75, 3.05) is 6.54 Å². The van der Waals surface area contributed by atoms with Gasteiger partial charge in [-0.3, -0.25) is 0 Å². The Kier molecular flexibility index (Phi) is 4.07. The minimum Gasteiger partial charge on any atom is -0.468 e. The highest BCUT2D eigenvalue weighted by molar-refractivity contribution is 5.21. The van der Waals surface area contributed by atoms with Crippen molar-refractivity contribution in [3.05, 3.63) is 59.6 Å². The van der Waals surface area contributed by atoms with Crippen LogP contribution < -0.4 is 5.32 Å². The average molecular weight is 253 g/mol. The van der Waals surface area contributed by atoms with Crippen molar-refractivity contribution in [1.29, 1.82) is 0 Å². The second kappa shape index (κ2) is 5.75. The van der Waals surface area contributed by atoms with Gasteiger partial charge in [-0.25, -0.2) is 8.78 Å². The normalized spacial score (nSPS) is 12.6. The van der Waals surface area contributed by atoms with Crippen molar-refractivity contribution in [3.8, 4) is 0 Å². The van der Waals surface area contributed by atoms with Crippen LogP contribution in [0.5, 0.6) is 0 Å². The molecule has 1 aromatic carbocycles. The maximum Gasteiger partial charge on any atom is 0.129 e. The van der Waals surface area contributed by atoms with E-state index in [4.69, 9.17) is 4.42 Å². The van der Waals surface area contributed by atoms with Crippen molar-refractivity contribution in [1.82, 2.24) is 5.32 Å². The lowest BCUT2D eigenvalue weighted by molar-refractivity contribution is 0.168. The summed E-state index contributed by atoms with van der Waals surface area (Å²) in [5.41, 5.74) is -0.0538. The van der Waals surface area contributed by atoms with Crippen LogP contribution in [0.15, 0.2) is 41.0 Å². The van der Waals surface area contributed by atoms with Gasteiger partial charge in [-0.15, -0.1) is 0 Å². The molecule has 3 nitrogen and oxygen atoms in total. The predicted molar refractivity (Wildman–Crippen MR) is 61.7 cm³/mol. The zero-order chi connectivity index (χ0) is 13.0. The highest BCUT2D eigenvalue weighted by Gasteiger charge is 2.13. The lowest BCUT2D eigenvalue weighted by atomic mass is 10.1. The molecule has 5 heteroatoms. The van der Waals surface area contributed by atoms with Crippen molar-refractivity contribution in [2.24, 2.45) is 0 Å². The number of aliphatic hydroxyl groups is 1. The first kappa shape index (κ1) is 12.7. The SMILES string of the molecule is OC(CNCc1ccco1)c1cc(F)ccc1F. The zero-order valence-electron chi connectivity index (χ0n) is 9.57. The van der Waals surface area contributed by atoms with E-state index in [1.807, 2.05) is 0 Å². The Balaban J connectivity index is 1.91. The van der Waals surface area contributed by atoms with Crippen LogP contribution in [0.25, 0.3) is 0 Å². The molecule has 0 saturated heterocycles. The minimum atomic E-state index is -1.10. The van der Waals surface area contributed by atoms with Gasteiger partial charge in [0.15, 0.2) is 0 Å². The Labute approximate surface area is 103 Å². The van der Waals surface area contributed by atoms with E-state index >= 15 is 0 Å². The summed E-state index contributed by atoms with van der Waals surface area (Å²) >= 11 is 0. The summed E-state index contributed by atoms with van der Waals surface area (Å²) in [5, 5.41) is 12.7. The average Bonchev–Trinajstić information content (AvgIpc) is 2.85. The molecule has 2 N–H and O–H groups in total. The summed E-state index contributed by atoms with van der Waals surface area (Å²) in [5.74, 6) is -0.484. The van der Waals surface area contributed by atoms with Gasteiger partial charge < -0.3 is 14.8 Å². The fourth-order valence-electron chi connectivity index (χ4n) is 1.63. The first-order valence-electron chi connectivity index (χ1n) is 5.53. The van der Waals surface area contributed by atoms with Crippen LogP contribution in [0.4, 0.5) is 8.78 Å². The molecule has 1 atom stereocenters. The first-order valence-corrected chi connectivity index (χ1v) is 5.53. The third-order valence-electron chi connectivity index (χ3n) is 2.53. The summed E-state index contributed by atoms with van der Waals surface area (Å²) in [7, 11) is 0. The van der Waals surface area contributed by atoms with E-state index in [1.165, 1.54) is 0 Å². The molecule has 1 aromatic heterocycles. The van der Waals surface area contributed by atoms with Crippen LogP contribution >= 0.6 is 0 Å². The fraction of sp³-hybridized carbons (Fsp3) is 0.231. The maximum atomic E-state index is 13.3. The molecule has 96 valence electrons. The lowest BCUT2D eigenvalue weighted by Gasteiger charge is -2.12. The third-order valence-corrected chi connectivity index (χ3v) is 2.53. The smallest absolute Gasteiger partial charge is 0.129 e. The molecule has 2 aromatic rings. The highest BCUT2D eigenvalue weighted by Crippen LogP contribution is 2.17. The number of aliphatic hydroxyl groups excluding tert-OH is 1. The first-order chi connectivity index (χ1) is 8.66. The van der Waals surface area contributed by atoms with Gasteiger partial charge in [0.2, 0.25) is 0 Å². The maximum absolute atomic E-state index is 13.3. The number of rotatable bonds is 5. The summed E-state index contributed by atoms with van der Waals surface area (Å²) in [6, 6.07) is 6.54. The zero-order valence-corrected chi connectivity index (χ0v) is 9.57. The molecule has 0 radical (unpaired) electrons. The summed E-state index contributed by atoms with van der Waals surface area (Å²) in [4.78, 5) is 0. The Hall–Kier alpha value is -1.72. The van der Waals surface area contributed by atoms with Crippen molar-refractivity contribution < 1.29 is 18.3 Å². The fourth-order valence-corrected chi connectivity index (χ4v) is 1.63. The standard InChI is InChI=1S/C13H13F2NO2/c14-9-3-4-12(15)11(6-9)13(17)8-16-7-10-2-1-5-18-10/h1-6,13,16-17H,7-8H2. The Bertz CT molecular complexity index is 500. The summed E-state index contributed by atoms with van der Waals surface area (Å²) < 4.78 is 31.4. The molecule has 0 aliphatic rings. The summed E-state index contributed by atoms with van der Waals surface area (Å²) in [6.07, 6.45) is 0.440. The third kappa shape index (κ3) is 3.15. The second-order valence-electron chi connectivity index (χ2n) is 3.89. The number of hydrogen-bond acceptors (Lipinski definition) is 3. The van der Waals surface area contributed by atoms with Crippen LogP contribution in [0.3, 0.4) is 0 Å². The molecule has 0 aliphatic carbocycles. The van der Waals surface area contributed by atoms with E-state index < -0.39 is 17.7 Å². The van der Waals surface area contributed by atoms with Crippen molar-refractivity contribution in [2.45, 2.75) is 12.6 Å². The van der Waals surface area contributed by atoms with Crippen LogP contribution in [0.1, 0.15) is 17.4 Å². The van der Waals surface area contributed by atoms with Crippen LogP contribution in [-0.2, 0) is 6.54 Å². The molecule has 2 rings (SSSR count). The number of furan rings is 1. The molecule has 0 amide bonds. The minimum absolute atomic E-state index is 0.0538. The molecule has 0 fully saturated rings. The Morgan fingerprint density at radius 1 is 1.28 bits per heavy atom. The molecule has 0 spiro atoms. The van der Waals surface area contributed by atoms with Gasteiger partial charge in [-0.1, -0.05) is 0 Å². The van der Waals surface area contributed by atoms with Crippen molar-refractivity contribution in [3.63, 3.8) is 0 Å². The Morgan fingerprint density at radius 2 is 2.11 bits per heavy atom. The molecule has 0 saturated carbocycles. The lowest BCUT2D eigenvalue weighted by Crippen LogP contribution is -2.21. The predicted octanol–water partition coefficient (Wildman–Crippen LogP) is 2.38. The topological polar surface area (TPSA) is 45.4 Å². The second-order valence-corrected chi connectivity index (χ2v) is 3.89. The van der Waals surface area contributed by atoms with Crippen molar-refractivity contribution >= 4 is 0 Å². The molecule has 18 heavy (non-hydrogen) atoms. The molecule has 1 heterocycles. The molecule has 0 aliphatic heterocycles. The molecular formula is C13H13F2NO2. The van der Waals surface area contributed by atoms with Gasteiger partial charge in [0.1, 0.15) is 17.4 Å². The van der Waals surface area contributed by atoms with Gasteiger partial charge in [0.05, 0.1) is 18.9 Å². The highest BCUT2D eigenvalue weighted by atomic mass is 19.1. The van der Waals surface area contributed by atoms with Crippen LogP contribution in [0, 0.1) is 11.6 Å². The largest absolute Gasteiger partial charge is 0.468 e. The van der Waals surface area contributed by atoms with E-state index in [0.717, 1.165) is 18.2 Å². The Morgan fingerprint density at radius 3 is 2.83 bits per heavy atom. The molecular weight excluding hydrogens is 240 g/mol. The van der Waals surface area contributed by atoms with E-state index in [9.17, 15) is 13.9 Å². The number of benzene rings is 1. The number of nitrogens with one attached hydrogen (secondary N) is 1. The van der Waals surface area contributed by atoms with Gasteiger partial charge in [0, 0.05) is 12.1 Å². The van der Waals surface area contributed by atoms with E-state index in [1.54, 1.807) is 18.4 Å². The number of hydrogen-bond donors (Lipinski definition) is 2. The summed E-state index contributed by atoms with van der Waals surface area (Å²) in [6.45, 7) is 0.530. The molecule has 0 bridgehead atoms. The van der Waals surface area contributed by atoms with Gasteiger partial charge in [-0.2, -0.15) is 0 Å². The van der Waals surface area contributed by atoms with Gasteiger partial charge >= 0.3 is 0 Å². The quantitative estimate of drug-likeness (QED) is 0.860.